The number of halogens is 1. The fourth-order valence-corrected chi connectivity index (χ4v) is 2.10. The Morgan fingerprint density at radius 3 is 3.07 bits per heavy atom. The summed E-state index contributed by atoms with van der Waals surface area (Å²) in [7, 11) is 1.88. The standard InChI is InChI=1S/C12H16FNO/c1-8-5-10-9(11(13)6-8)3-4-15-12(10)7-14-2/h5-6,12,14H,3-4,7H2,1-2H3/t12-/m0/s1. The molecule has 0 fully saturated rings. The first-order valence-corrected chi connectivity index (χ1v) is 5.27. The SMILES string of the molecule is CNC[C@@H]1OCCc2c(F)cc(C)cc21. The van der Waals surface area contributed by atoms with E-state index in [9.17, 15) is 4.39 Å². The van der Waals surface area contributed by atoms with Crippen LogP contribution >= 0.6 is 0 Å². The van der Waals surface area contributed by atoms with Crippen LogP contribution in [0.4, 0.5) is 4.39 Å². The van der Waals surface area contributed by atoms with Crippen LogP contribution < -0.4 is 5.32 Å². The second kappa shape index (κ2) is 4.29. The van der Waals surface area contributed by atoms with E-state index in [-0.39, 0.29) is 11.9 Å². The molecule has 1 aliphatic rings. The van der Waals surface area contributed by atoms with E-state index < -0.39 is 0 Å². The molecule has 82 valence electrons. The van der Waals surface area contributed by atoms with Crippen molar-refractivity contribution in [2.75, 3.05) is 20.2 Å². The highest BCUT2D eigenvalue weighted by molar-refractivity contribution is 5.36. The molecule has 1 N–H and O–H groups in total. The average Bonchev–Trinajstić information content (AvgIpc) is 2.19. The first kappa shape index (κ1) is 10.6. The molecule has 0 bridgehead atoms. The maximum atomic E-state index is 13.7. The van der Waals surface area contributed by atoms with E-state index in [0.717, 1.165) is 23.2 Å². The number of rotatable bonds is 2. The summed E-state index contributed by atoms with van der Waals surface area (Å²) in [5, 5.41) is 3.07. The van der Waals surface area contributed by atoms with Crippen LogP contribution in [0.2, 0.25) is 0 Å². The summed E-state index contributed by atoms with van der Waals surface area (Å²) in [4.78, 5) is 0. The smallest absolute Gasteiger partial charge is 0.127 e. The third kappa shape index (κ3) is 2.03. The van der Waals surface area contributed by atoms with Gasteiger partial charge >= 0.3 is 0 Å². The van der Waals surface area contributed by atoms with Crippen molar-refractivity contribution in [2.24, 2.45) is 0 Å². The lowest BCUT2D eigenvalue weighted by molar-refractivity contribution is 0.0427. The molecule has 0 aliphatic carbocycles. The van der Waals surface area contributed by atoms with Gasteiger partial charge in [0, 0.05) is 6.54 Å². The van der Waals surface area contributed by atoms with Gasteiger partial charge in [0.2, 0.25) is 0 Å². The quantitative estimate of drug-likeness (QED) is 0.804. The van der Waals surface area contributed by atoms with Gasteiger partial charge < -0.3 is 10.1 Å². The lowest BCUT2D eigenvalue weighted by Gasteiger charge is -2.26. The summed E-state index contributed by atoms with van der Waals surface area (Å²) in [6.45, 7) is 3.25. The van der Waals surface area contributed by atoms with E-state index >= 15 is 0 Å². The monoisotopic (exact) mass is 209 g/mol. The molecular formula is C12H16FNO. The Morgan fingerprint density at radius 2 is 2.33 bits per heavy atom. The summed E-state index contributed by atoms with van der Waals surface area (Å²) < 4.78 is 19.3. The number of nitrogens with one attached hydrogen (secondary N) is 1. The van der Waals surface area contributed by atoms with Crippen molar-refractivity contribution in [3.05, 3.63) is 34.6 Å². The summed E-state index contributed by atoms with van der Waals surface area (Å²) in [5.74, 6) is -0.0885. The van der Waals surface area contributed by atoms with Crippen molar-refractivity contribution in [3.63, 3.8) is 0 Å². The van der Waals surface area contributed by atoms with Gasteiger partial charge in [0.15, 0.2) is 0 Å². The molecule has 0 amide bonds. The molecule has 0 unspecified atom stereocenters. The van der Waals surface area contributed by atoms with Gasteiger partial charge in [-0.1, -0.05) is 6.07 Å². The highest BCUT2D eigenvalue weighted by Gasteiger charge is 2.22. The molecule has 1 heterocycles. The molecule has 0 saturated carbocycles. The van der Waals surface area contributed by atoms with Gasteiger partial charge in [-0.05, 0) is 43.1 Å². The normalized spacial score (nSPS) is 20.1. The van der Waals surface area contributed by atoms with Gasteiger partial charge in [0.25, 0.3) is 0 Å². The van der Waals surface area contributed by atoms with Crippen LogP contribution in [0.1, 0.15) is 22.8 Å². The van der Waals surface area contributed by atoms with Crippen LogP contribution in [0.25, 0.3) is 0 Å². The molecule has 1 aromatic rings. The van der Waals surface area contributed by atoms with Gasteiger partial charge in [-0.2, -0.15) is 0 Å². The number of hydrogen-bond acceptors (Lipinski definition) is 2. The Kier molecular flexibility index (Phi) is 3.03. The largest absolute Gasteiger partial charge is 0.372 e. The zero-order valence-electron chi connectivity index (χ0n) is 9.14. The first-order valence-electron chi connectivity index (χ1n) is 5.27. The second-order valence-electron chi connectivity index (χ2n) is 3.98. The van der Waals surface area contributed by atoms with E-state index in [2.05, 4.69) is 5.32 Å². The van der Waals surface area contributed by atoms with Crippen molar-refractivity contribution in [1.29, 1.82) is 0 Å². The zero-order valence-corrected chi connectivity index (χ0v) is 9.14. The van der Waals surface area contributed by atoms with Crippen LogP contribution in [0, 0.1) is 12.7 Å². The summed E-state index contributed by atoms with van der Waals surface area (Å²) in [6, 6.07) is 3.63. The fourth-order valence-electron chi connectivity index (χ4n) is 2.10. The summed E-state index contributed by atoms with van der Waals surface area (Å²) in [6.07, 6.45) is 0.676. The van der Waals surface area contributed by atoms with Crippen LogP contribution in [-0.2, 0) is 11.2 Å². The van der Waals surface area contributed by atoms with Crippen molar-refractivity contribution in [3.8, 4) is 0 Å². The Hall–Kier alpha value is -0.930. The molecular weight excluding hydrogens is 193 g/mol. The lowest BCUT2D eigenvalue weighted by atomic mass is 9.95. The van der Waals surface area contributed by atoms with Gasteiger partial charge in [0.1, 0.15) is 5.82 Å². The van der Waals surface area contributed by atoms with E-state index in [1.165, 1.54) is 0 Å². The number of likely N-dealkylation sites (N-methyl/N-ethyl adjacent to an activating group) is 1. The zero-order chi connectivity index (χ0) is 10.8. The van der Waals surface area contributed by atoms with E-state index in [0.29, 0.717) is 13.0 Å². The maximum Gasteiger partial charge on any atom is 0.127 e. The average molecular weight is 209 g/mol. The molecule has 2 rings (SSSR count). The summed E-state index contributed by atoms with van der Waals surface area (Å²) in [5.41, 5.74) is 2.79. The van der Waals surface area contributed by atoms with Crippen LogP contribution in [0.3, 0.4) is 0 Å². The van der Waals surface area contributed by atoms with Gasteiger partial charge in [-0.3, -0.25) is 0 Å². The topological polar surface area (TPSA) is 21.3 Å². The Morgan fingerprint density at radius 1 is 1.53 bits per heavy atom. The van der Waals surface area contributed by atoms with E-state index in [1.54, 1.807) is 6.07 Å². The Balaban J connectivity index is 2.41. The van der Waals surface area contributed by atoms with Crippen molar-refractivity contribution in [1.82, 2.24) is 5.32 Å². The van der Waals surface area contributed by atoms with E-state index in [4.69, 9.17) is 4.74 Å². The molecule has 2 nitrogen and oxygen atoms in total. The molecule has 1 atom stereocenters. The minimum absolute atomic E-state index is 0.00634. The number of benzene rings is 1. The predicted molar refractivity (Wildman–Crippen MR) is 57.5 cm³/mol. The van der Waals surface area contributed by atoms with Crippen LogP contribution in [0.5, 0.6) is 0 Å². The molecule has 15 heavy (non-hydrogen) atoms. The fraction of sp³-hybridized carbons (Fsp3) is 0.500. The lowest BCUT2D eigenvalue weighted by Crippen LogP contribution is -2.26. The first-order chi connectivity index (χ1) is 7.22. The molecule has 0 spiro atoms. The minimum atomic E-state index is -0.0885. The maximum absolute atomic E-state index is 13.7. The highest BCUT2D eigenvalue weighted by atomic mass is 19.1. The third-order valence-corrected chi connectivity index (χ3v) is 2.78. The van der Waals surface area contributed by atoms with Crippen LogP contribution in [0.15, 0.2) is 12.1 Å². The van der Waals surface area contributed by atoms with Crippen molar-refractivity contribution in [2.45, 2.75) is 19.4 Å². The minimum Gasteiger partial charge on any atom is -0.372 e. The van der Waals surface area contributed by atoms with Gasteiger partial charge in [-0.25, -0.2) is 4.39 Å². The number of hydrogen-bond donors (Lipinski definition) is 1. The van der Waals surface area contributed by atoms with Crippen molar-refractivity contribution >= 4 is 0 Å². The van der Waals surface area contributed by atoms with Crippen molar-refractivity contribution < 1.29 is 9.13 Å². The summed E-state index contributed by atoms with van der Waals surface area (Å²) >= 11 is 0. The Bertz CT molecular complexity index is 365. The second-order valence-corrected chi connectivity index (χ2v) is 3.98. The van der Waals surface area contributed by atoms with Crippen LogP contribution in [-0.4, -0.2) is 20.2 Å². The predicted octanol–water partition coefficient (Wildman–Crippen LogP) is 1.97. The van der Waals surface area contributed by atoms with Gasteiger partial charge in [0.05, 0.1) is 12.7 Å². The third-order valence-electron chi connectivity index (χ3n) is 2.78. The molecule has 0 aromatic heterocycles. The number of ether oxygens (including phenoxy) is 1. The molecule has 1 aliphatic heterocycles. The number of fused-ring (bicyclic) bond motifs is 1. The highest BCUT2D eigenvalue weighted by Crippen LogP contribution is 2.29. The molecule has 0 saturated heterocycles. The molecule has 3 heteroatoms. The Labute approximate surface area is 89.4 Å². The molecule has 1 aromatic carbocycles. The van der Waals surface area contributed by atoms with Gasteiger partial charge in [-0.15, -0.1) is 0 Å². The number of aryl methyl sites for hydroxylation is 1. The van der Waals surface area contributed by atoms with E-state index in [1.807, 2.05) is 20.0 Å². The molecule has 0 radical (unpaired) electrons.